The number of pyridine rings is 1. The number of alkyl halides is 3. The van der Waals surface area contributed by atoms with E-state index in [9.17, 15) is 18.0 Å². The molecule has 2 aromatic heterocycles. The molecule has 0 aliphatic rings. The van der Waals surface area contributed by atoms with E-state index in [1.54, 1.807) is 6.92 Å². The molecule has 0 atom stereocenters. The minimum atomic E-state index is -4.51. The Morgan fingerprint density at radius 1 is 1.28 bits per heavy atom. The molecule has 0 radical (unpaired) electrons. The summed E-state index contributed by atoms with van der Waals surface area (Å²) in [6, 6.07) is 4.99. The summed E-state index contributed by atoms with van der Waals surface area (Å²) in [5.74, 6) is 0.226. The highest BCUT2D eigenvalue weighted by Gasteiger charge is 2.31. The normalized spacial score (nSPS) is 11.5. The molecular weight excluding hydrogens is 413 g/mol. The highest BCUT2D eigenvalue weighted by Crippen LogP contribution is 2.36. The smallest absolute Gasteiger partial charge is 0.417 e. The first-order chi connectivity index (χ1) is 13.7. The van der Waals surface area contributed by atoms with Gasteiger partial charge in [-0.25, -0.2) is 0 Å². The molecule has 0 unspecified atom stereocenters. The number of amides is 1. The van der Waals surface area contributed by atoms with Gasteiger partial charge < -0.3 is 14.8 Å². The number of nitrogens with zero attached hydrogens (tertiary/aromatic N) is 3. The number of hydrogen-bond donors (Lipinski definition) is 1. The first-order valence-corrected chi connectivity index (χ1v) is 8.81. The summed E-state index contributed by atoms with van der Waals surface area (Å²) in [7, 11) is 1.41. The van der Waals surface area contributed by atoms with E-state index < -0.39 is 17.6 Å². The van der Waals surface area contributed by atoms with Crippen LogP contribution in [0.1, 0.15) is 28.7 Å². The fraction of sp³-hybridized carbons (Fsp3) is 0.278. The molecular formula is C18H16ClF3N4O3. The standard InChI is InChI=1S/C18H16ClF3N4O3/c1-3-29-16-12(19)6-10(7-13(16)28-2)17(27)23-8-15-25-24-14-5-4-11(9-26(14)15)18(20,21)22/h4-7,9H,3,8H2,1-2H3,(H,23,27). The van der Waals surface area contributed by atoms with Crippen molar-refractivity contribution in [2.24, 2.45) is 0 Å². The highest BCUT2D eigenvalue weighted by atomic mass is 35.5. The summed E-state index contributed by atoms with van der Waals surface area (Å²) in [6.07, 6.45) is -3.62. The lowest BCUT2D eigenvalue weighted by molar-refractivity contribution is -0.137. The average molecular weight is 429 g/mol. The molecule has 11 heteroatoms. The van der Waals surface area contributed by atoms with Crippen molar-refractivity contribution in [3.8, 4) is 11.5 Å². The number of carbonyl (C=O) groups is 1. The lowest BCUT2D eigenvalue weighted by Crippen LogP contribution is -2.24. The summed E-state index contributed by atoms with van der Waals surface area (Å²) in [5, 5.41) is 10.4. The second kappa shape index (κ2) is 8.16. The van der Waals surface area contributed by atoms with Gasteiger partial charge in [0, 0.05) is 11.8 Å². The molecule has 0 saturated heterocycles. The van der Waals surface area contributed by atoms with Crippen LogP contribution in [0.15, 0.2) is 30.5 Å². The van der Waals surface area contributed by atoms with Gasteiger partial charge in [0.2, 0.25) is 0 Å². The van der Waals surface area contributed by atoms with Gasteiger partial charge in [0.15, 0.2) is 23.0 Å². The second-order valence-electron chi connectivity index (χ2n) is 5.87. The van der Waals surface area contributed by atoms with Crippen molar-refractivity contribution in [2.45, 2.75) is 19.6 Å². The van der Waals surface area contributed by atoms with E-state index in [0.29, 0.717) is 12.4 Å². The zero-order valence-corrected chi connectivity index (χ0v) is 16.1. The van der Waals surface area contributed by atoms with Crippen molar-refractivity contribution in [3.05, 3.63) is 52.4 Å². The molecule has 1 N–H and O–H groups in total. The number of nitrogens with one attached hydrogen (secondary N) is 1. The number of carbonyl (C=O) groups excluding carboxylic acids is 1. The summed E-state index contributed by atoms with van der Waals surface area (Å²) in [5.41, 5.74) is -0.423. The first-order valence-electron chi connectivity index (χ1n) is 8.44. The highest BCUT2D eigenvalue weighted by molar-refractivity contribution is 6.32. The van der Waals surface area contributed by atoms with Crippen LogP contribution in [0, 0.1) is 0 Å². The number of aromatic nitrogens is 3. The van der Waals surface area contributed by atoms with Gasteiger partial charge in [-0.05, 0) is 31.2 Å². The van der Waals surface area contributed by atoms with E-state index in [1.807, 2.05) is 0 Å². The van der Waals surface area contributed by atoms with Crippen LogP contribution in [0.3, 0.4) is 0 Å². The Morgan fingerprint density at radius 2 is 2.03 bits per heavy atom. The molecule has 0 bridgehead atoms. The third-order valence-electron chi connectivity index (χ3n) is 3.99. The van der Waals surface area contributed by atoms with Crippen LogP contribution in [0.5, 0.6) is 11.5 Å². The van der Waals surface area contributed by atoms with E-state index in [4.69, 9.17) is 21.1 Å². The molecule has 0 saturated carbocycles. The Bertz CT molecular complexity index is 1050. The van der Waals surface area contributed by atoms with Crippen molar-refractivity contribution >= 4 is 23.2 Å². The monoisotopic (exact) mass is 428 g/mol. The molecule has 3 rings (SSSR count). The minimum Gasteiger partial charge on any atom is -0.493 e. The molecule has 0 aliphatic carbocycles. The lowest BCUT2D eigenvalue weighted by Gasteiger charge is -2.13. The molecule has 29 heavy (non-hydrogen) atoms. The molecule has 0 spiro atoms. The fourth-order valence-corrected chi connectivity index (χ4v) is 2.89. The lowest BCUT2D eigenvalue weighted by atomic mass is 10.2. The van der Waals surface area contributed by atoms with Crippen LogP contribution in [0.25, 0.3) is 5.65 Å². The predicted octanol–water partition coefficient (Wildman–Crippen LogP) is 3.74. The summed E-state index contributed by atoms with van der Waals surface area (Å²) >= 11 is 6.16. The molecule has 0 fully saturated rings. The third-order valence-corrected chi connectivity index (χ3v) is 4.27. The SMILES string of the molecule is CCOc1c(Cl)cc(C(=O)NCc2nnc3ccc(C(F)(F)F)cn23)cc1OC. The van der Waals surface area contributed by atoms with E-state index >= 15 is 0 Å². The molecule has 1 amide bonds. The fourth-order valence-electron chi connectivity index (χ4n) is 2.62. The maximum absolute atomic E-state index is 12.9. The summed E-state index contributed by atoms with van der Waals surface area (Å²) in [4.78, 5) is 12.5. The molecule has 3 aromatic rings. The van der Waals surface area contributed by atoms with Crippen molar-refractivity contribution < 1.29 is 27.4 Å². The number of fused-ring (bicyclic) bond motifs is 1. The van der Waals surface area contributed by atoms with Crippen LogP contribution in [-0.2, 0) is 12.7 Å². The minimum absolute atomic E-state index is 0.142. The number of benzene rings is 1. The van der Waals surface area contributed by atoms with Gasteiger partial charge in [-0.2, -0.15) is 13.2 Å². The van der Waals surface area contributed by atoms with Crippen molar-refractivity contribution in [1.82, 2.24) is 19.9 Å². The molecule has 1 aromatic carbocycles. The zero-order chi connectivity index (χ0) is 21.2. The Morgan fingerprint density at radius 3 is 2.69 bits per heavy atom. The number of halogens is 4. The first kappa shape index (κ1) is 20.7. The second-order valence-corrected chi connectivity index (χ2v) is 6.27. The van der Waals surface area contributed by atoms with Crippen LogP contribution in [0.4, 0.5) is 13.2 Å². The van der Waals surface area contributed by atoms with Crippen LogP contribution >= 0.6 is 11.6 Å². The third kappa shape index (κ3) is 4.37. The van der Waals surface area contributed by atoms with Crippen molar-refractivity contribution in [3.63, 3.8) is 0 Å². The predicted molar refractivity (Wildman–Crippen MR) is 98.3 cm³/mol. The largest absolute Gasteiger partial charge is 0.493 e. The van der Waals surface area contributed by atoms with E-state index in [-0.39, 0.29) is 34.4 Å². The van der Waals surface area contributed by atoms with Gasteiger partial charge in [-0.3, -0.25) is 9.20 Å². The van der Waals surface area contributed by atoms with Gasteiger partial charge in [-0.15, -0.1) is 10.2 Å². The quantitative estimate of drug-likeness (QED) is 0.647. The Hall–Kier alpha value is -3.01. The number of hydrogen-bond acceptors (Lipinski definition) is 5. The van der Waals surface area contributed by atoms with Gasteiger partial charge in [0.1, 0.15) is 0 Å². The van der Waals surface area contributed by atoms with Crippen molar-refractivity contribution in [2.75, 3.05) is 13.7 Å². The zero-order valence-electron chi connectivity index (χ0n) is 15.4. The Labute approximate surface area is 168 Å². The maximum atomic E-state index is 12.9. The number of methoxy groups -OCH3 is 1. The summed E-state index contributed by atoms with van der Waals surface area (Å²) < 4.78 is 50.6. The average Bonchev–Trinajstić information content (AvgIpc) is 3.09. The van der Waals surface area contributed by atoms with Crippen molar-refractivity contribution in [1.29, 1.82) is 0 Å². The molecule has 7 nitrogen and oxygen atoms in total. The van der Waals surface area contributed by atoms with E-state index in [1.165, 1.54) is 29.7 Å². The van der Waals surface area contributed by atoms with E-state index in [2.05, 4.69) is 15.5 Å². The number of rotatable bonds is 6. The van der Waals surface area contributed by atoms with Crippen LogP contribution in [-0.4, -0.2) is 34.2 Å². The van der Waals surface area contributed by atoms with Gasteiger partial charge in [0.25, 0.3) is 5.91 Å². The molecule has 2 heterocycles. The molecule has 154 valence electrons. The summed E-state index contributed by atoms with van der Waals surface area (Å²) in [6.45, 7) is 2.00. The molecule has 0 aliphatic heterocycles. The topological polar surface area (TPSA) is 77.8 Å². The Kier molecular flexibility index (Phi) is 5.83. The van der Waals surface area contributed by atoms with Gasteiger partial charge in [-0.1, -0.05) is 11.6 Å². The van der Waals surface area contributed by atoms with Gasteiger partial charge in [0.05, 0.1) is 30.8 Å². The van der Waals surface area contributed by atoms with Crippen LogP contribution < -0.4 is 14.8 Å². The maximum Gasteiger partial charge on any atom is 0.417 e. The van der Waals surface area contributed by atoms with Crippen LogP contribution in [0.2, 0.25) is 5.02 Å². The number of ether oxygens (including phenoxy) is 2. The van der Waals surface area contributed by atoms with E-state index in [0.717, 1.165) is 12.3 Å². The Balaban J connectivity index is 1.81. The van der Waals surface area contributed by atoms with Gasteiger partial charge >= 0.3 is 6.18 Å².